The molecule has 0 saturated heterocycles. The van der Waals surface area contributed by atoms with Crippen molar-refractivity contribution >= 4 is 23.9 Å². The Bertz CT molecular complexity index is 821. The summed E-state index contributed by atoms with van der Waals surface area (Å²) in [6.07, 6.45) is 5.94. The summed E-state index contributed by atoms with van der Waals surface area (Å²) in [4.78, 5) is 14.4. The number of fused-ring (bicyclic) bond motifs is 1. The highest BCUT2D eigenvalue weighted by Crippen LogP contribution is 2.34. The highest BCUT2D eigenvalue weighted by molar-refractivity contribution is 5.95. The van der Waals surface area contributed by atoms with Gasteiger partial charge in [-0.1, -0.05) is 60.2 Å². The van der Waals surface area contributed by atoms with E-state index in [-0.39, 0.29) is 12.1 Å². The number of carbonyl (C=O) groups is 1. The van der Waals surface area contributed by atoms with Gasteiger partial charge in [0, 0.05) is 0 Å². The average Bonchev–Trinajstić information content (AvgIpc) is 2.60. The van der Waals surface area contributed by atoms with E-state index in [9.17, 15) is 4.79 Å². The van der Waals surface area contributed by atoms with Crippen LogP contribution < -0.4 is 4.90 Å². The van der Waals surface area contributed by atoms with Crippen molar-refractivity contribution in [2.45, 2.75) is 26.8 Å². The molecule has 2 aromatic rings. The van der Waals surface area contributed by atoms with Crippen molar-refractivity contribution in [2.75, 3.05) is 11.5 Å². The molecule has 3 rings (SSSR count). The molecule has 1 heterocycles. The van der Waals surface area contributed by atoms with Gasteiger partial charge in [0.05, 0.1) is 18.3 Å². The van der Waals surface area contributed by atoms with E-state index in [1.807, 2.05) is 55.5 Å². The zero-order valence-electron chi connectivity index (χ0n) is 14.9. The molecule has 0 saturated carbocycles. The van der Waals surface area contributed by atoms with Crippen molar-refractivity contribution in [1.29, 1.82) is 0 Å². The average molecular weight is 333 g/mol. The van der Waals surface area contributed by atoms with Gasteiger partial charge in [-0.05, 0) is 49.6 Å². The van der Waals surface area contributed by atoms with Crippen LogP contribution in [0.4, 0.5) is 10.5 Å². The summed E-state index contributed by atoms with van der Waals surface area (Å²) < 4.78 is 5.32. The van der Waals surface area contributed by atoms with E-state index < -0.39 is 0 Å². The first-order chi connectivity index (χ1) is 12.1. The highest BCUT2D eigenvalue weighted by Gasteiger charge is 2.30. The van der Waals surface area contributed by atoms with Crippen LogP contribution >= 0.6 is 0 Å². The molecule has 25 heavy (non-hydrogen) atoms. The van der Waals surface area contributed by atoms with Gasteiger partial charge < -0.3 is 4.74 Å². The van der Waals surface area contributed by atoms with Crippen LogP contribution in [0.15, 0.2) is 60.2 Å². The van der Waals surface area contributed by atoms with Gasteiger partial charge >= 0.3 is 6.09 Å². The van der Waals surface area contributed by atoms with E-state index in [0.717, 1.165) is 22.4 Å². The van der Waals surface area contributed by atoms with E-state index in [1.165, 1.54) is 5.56 Å². The Balaban J connectivity index is 2.02. The number of carbonyl (C=O) groups excluding carboxylic acids is 1. The monoisotopic (exact) mass is 333 g/mol. The van der Waals surface area contributed by atoms with Gasteiger partial charge in [0.25, 0.3) is 0 Å². The first-order valence-electron chi connectivity index (χ1n) is 8.58. The molecular formula is C22H23NO2. The second-order valence-electron chi connectivity index (χ2n) is 6.23. The van der Waals surface area contributed by atoms with Crippen molar-refractivity contribution in [3.8, 4) is 0 Å². The van der Waals surface area contributed by atoms with E-state index >= 15 is 0 Å². The fraction of sp³-hybridized carbons (Fsp3) is 0.227. The summed E-state index contributed by atoms with van der Waals surface area (Å²) in [6, 6.07) is 16.1. The van der Waals surface area contributed by atoms with Crippen molar-refractivity contribution in [3.63, 3.8) is 0 Å². The molecule has 0 radical (unpaired) electrons. The first-order valence-corrected chi connectivity index (χ1v) is 8.58. The van der Waals surface area contributed by atoms with Gasteiger partial charge in [-0.25, -0.2) is 4.79 Å². The fourth-order valence-corrected chi connectivity index (χ4v) is 3.10. The van der Waals surface area contributed by atoms with Crippen LogP contribution in [0.3, 0.4) is 0 Å². The van der Waals surface area contributed by atoms with Crippen LogP contribution in [-0.2, 0) is 4.74 Å². The molecule has 1 atom stereocenters. The van der Waals surface area contributed by atoms with Gasteiger partial charge in [-0.2, -0.15) is 0 Å². The molecule has 1 aliphatic heterocycles. The molecule has 1 amide bonds. The molecule has 3 heteroatoms. The summed E-state index contributed by atoms with van der Waals surface area (Å²) in [7, 11) is 0. The summed E-state index contributed by atoms with van der Waals surface area (Å²) in [6.45, 7) is 6.29. The summed E-state index contributed by atoms with van der Waals surface area (Å²) in [5.41, 5.74) is 5.32. The van der Waals surface area contributed by atoms with Gasteiger partial charge in [-0.3, -0.25) is 4.90 Å². The largest absolute Gasteiger partial charge is 0.449 e. The minimum atomic E-state index is -0.317. The first kappa shape index (κ1) is 17.0. The normalized spacial score (nSPS) is 16.5. The molecule has 128 valence electrons. The highest BCUT2D eigenvalue weighted by atomic mass is 16.6. The second kappa shape index (κ2) is 7.39. The molecule has 3 nitrogen and oxygen atoms in total. The lowest BCUT2D eigenvalue weighted by Crippen LogP contribution is -2.42. The predicted molar refractivity (Wildman–Crippen MR) is 104 cm³/mol. The van der Waals surface area contributed by atoms with Crippen LogP contribution in [0.5, 0.6) is 0 Å². The number of anilines is 1. The number of amides is 1. The molecule has 0 aliphatic carbocycles. The third-order valence-corrected chi connectivity index (χ3v) is 4.31. The SMILES string of the molecule is CCOC(=O)N1c2ccc(C)cc2C=C(C)C1/C=C/c1ccccc1. The lowest BCUT2D eigenvalue weighted by atomic mass is 9.95. The van der Waals surface area contributed by atoms with Crippen molar-refractivity contribution in [3.05, 3.63) is 76.9 Å². The number of benzene rings is 2. The van der Waals surface area contributed by atoms with Gasteiger partial charge in [0.15, 0.2) is 0 Å². The fourth-order valence-electron chi connectivity index (χ4n) is 3.10. The Morgan fingerprint density at radius 3 is 2.64 bits per heavy atom. The van der Waals surface area contributed by atoms with Crippen molar-refractivity contribution in [1.82, 2.24) is 0 Å². The molecule has 0 spiro atoms. The lowest BCUT2D eigenvalue weighted by molar-refractivity contribution is 0.159. The third-order valence-electron chi connectivity index (χ3n) is 4.31. The predicted octanol–water partition coefficient (Wildman–Crippen LogP) is 5.46. The minimum Gasteiger partial charge on any atom is -0.449 e. The van der Waals surface area contributed by atoms with Crippen LogP contribution in [0.25, 0.3) is 12.2 Å². The molecular weight excluding hydrogens is 310 g/mol. The number of hydrogen-bond donors (Lipinski definition) is 0. The molecule has 1 unspecified atom stereocenters. The van der Waals surface area contributed by atoms with Crippen molar-refractivity contribution < 1.29 is 9.53 Å². The molecule has 0 aromatic heterocycles. The standard InChI is InChI=1S/C22H23NO2/c1-4-25-22(24)23-20(13-11-18-8-6-5-7-9-18)17(3)15-19-14-16(2)10-12-21(19)23/h5-15,20H,4H2,1-3H3/b13-11+. The zero-order valence-corrected chi connectivity index (χ0v) is 14.9. The molecule has 2 aromatic carbocycles. The molecule has 1 aliphatic rings. The molecule has 0 bridgehead atoms. The quantitative estimate of drug-likeness (QED) is 0.747. The van der Waals surface area contributed by atoms with Crippen molar-refractivity contribution in [2.24, 2.45) is 0 Å². The van der Waals surface area contributed by atoms with Crippen LogP contribution in [0, 0.1) is 6.92 Å². The van der Waals surface area contributed by atoms with E-state index in [2.05, 4.69) is 32.1 Å². The van der Waals surface area contributed by atoms with E-state index in [1.54, 1.807) is 4.90 Å². The second-order valence-corrected chi connectivity index (χ2v) is 6.23. The Morgan fingerprint density at radius 1 is 1.16 bits per heavy atom. The number of rotatable bonds is 3. The smallest absolute Gasteiger partial charge is 0.415 e. The number of aryl methyl sites for hydroxylation is 1. The maximum absolute atomic E-state index is 12.7. The number of ether oxygens (including phenoxy) is 1. The Hall–Kier alpha value is -2.81. The maximum atomic E-state index is 12.7. The Morgan fingerprint density at radius 2 is 1.92 bits per heavy atom. The third kappa shape index (κ3) is 3.66. The van der Waals surface area contributed by atoms with Crippen LogP contribution in [0.2, 0.25) is 0 Å². The van der Waals surface area contributed by atoms with Gasteiger partial charge in [0.1, 0.15) is 0 Å². The zero-order chi connectivity index (χ0) is 17.8. The number of hydrogen-bond acceptors (Lipinski definition) is 2. The Kier molecular flexibility index (Phi) is 5.03. The number of nitrogens with zero attached hydrogens (tertiary/aromatic N) is 1. The van der Waals surface area contributed by atoms with Gasteiger partial charge in [0.2, 0.25) is 0 Å². The van der Waals surface area contributed by atoms with Crippen LogP contribution in [-0.4, -0.2) is 18.7 Å². The lowest BCUT2D eigenvalue weighted by Gasteiger charge is -2.34. The minimum absolute atomic E-state index is 0.158. The summed E-state index contributed by atoms with van der Waals surface area (Å²) in [5.74, 6) is 0. The Labute approximate surface area is 149 Å². The topological polar surface area (TPSA) is 29.5 Å². The van der Waals surface area contributed by atoms with Crippen LogP contribution in [0.1, 0.15) is 30.5 Å². The van der Waals surface area contributed by atoms with Gasteiger partial charge in [-0.15, -0.1) is 0 Å². The molecule has 0 fully saturated rings. The van der Waals surface area contributed by atoms with E-state index in [4.69, 9.17) is 4.74 Å². The maximum Gasteiger partial charge on any atom is 0.415 e. The summed E-state index contributed by atoms with van der Waals surface area (Å²) >= 11 is 0. The van der Waals surface area contributed by atoms with E-state index in [0.29, 0.717) is 6.61 Å². The summed E-state index contributed by atoms with van der Waals surface area (Å²) in [5, 5.41) is 0. The molecule has 0 N–H and O–H groups in total.